The minimum atomic E-state index is 0.760. The van der Waals surface area contributed by atoms with Gasteiger partial charge in [0.1, 0.15) is 0 Å². The van der Waals surface area contributed by atoms with Crippen molar-refractivity contribution in [3.63, 3.8) is 0 Å². The summed E-state index contributed by atoms with van der Waals surface area (Å²) >= 11 is 9.22. The van der Waals surface area contributed by atoms with Crippen molar-refractivity contribution >= 4 is 43.2 Å². The average Bonchev–Trinajstić information content (AvgIpc) is 2.72. The molecule has 2 aliphatic rings. The Balaban J connectivity index is 1.72. The molecule has 0 aromatic carbocycles. The minimum absolute atomic E-state index is 0.760. The maximum Gasteiger partial charge on any atom is 0.0701 e. The Morgan fingerprint density at radius 3 is 2.50 bits per heavy atom. The van der Waals surface area contributed by atoms with E-state index in [1.54, 1.807) is 0 Å². The molecule has 2 atom stereocenters. The molecule has 0 aliphatic carbocycles. The van der Waals surface area contributed by atoms with Gasteiger partial charge in [-0.1, -0.05) is 15.9 Å². The third-order valence-corrected chi connectivity index (χ3v) is 6.15. The first-order valence-electron chi connectivity index (χ1n) is 5.86. The lowest BCUT2D eigenvalue weighted by Crippen LogP contribution is -2.42. The second-order valence-electron chi connectivity index (χ2n) is 4.83. The van der Waals surface area contributed by atoms with Gasteiger partial charge in [0, 0.05) is 28.3 Å². The van der Waals surface area contributed by atoms with E-state index in [0.717, 1.165) is 23.5 Å². The molecule has 3 heterocycles. The van der Waals surface area contributed by atoms with Crippen LogP contribution < -0.4 is 0 Å². The van der Waals surface area contributed by atoms with Crippen LogP contribution in [0.4, 0.5) is 0 Å². The minimum Gasteiger partial charge on any atom is -0.292 e. The normalized spacial score (nSPS) is 34.5. The van der Waals surface area contributed by atoms with Crippen molar-refractivity contribution in [3.05, 3.63) is 20.8 Å². The standard InChI is InChI=1S/C12H15Br2NS/c13-8-5-9-1-2-10(6-8)15(9)7-11-3-4-12(14)16-11/h3-4,8-10H,1-2,5-7H2. The summed E-state index contributed by atoms with van der Waals surface area (Å²) in [4.78, 5) is 4.99. The smallest absolute Gasteiger partial charge is 0.0701 e. The van der Waals surface area contributed by atoms with Gasteiger partial charge in [-0.3, -0.25) is 4.90 Å². The zero-order chi connectivity index (χ0) is 11.1. The molecule has 4 heteroatoms. The molecular formula is C12H15Br2NS. The van der Waals surface area contributed by atoms with Gasteiger partial charge in [-0.2, -0.15) is 0 Å². The fraction of sp³-hybridized carbons (Fsp3) is 0.667. The van der Waals surface area contributed by atoms with Gasteiger partial charge >= 0.3 is 0 Å². The molecule has 2 saturated heterocycles. The highest BCUT2D eigenvalue weighted by atomic mass is 79.9. The summed E-state index contributed by atoms with van der Waals surface area (Å²) in [6, 6.07) is 6.07. The highest BCUT2D eigenvalue weighted by Crippen LogP contribution is 2.40. The van der Waals surface area contributed by atoms with E-state index in [1.165, 1.54) is 34.3 Å². The van der Waals surface area contributed by atoms with Crippen molar-refractivity contribution in [2.45, 2.75) is 49.1 Å². The van der Waals surface area contributed by atoms with Crippen LogP contribution in [0.5, 0.6) is 0 Å². The fourth-order valence-corrected chi connectivity index (χ4v) is 5.44. The Morgan fingerprint density at radius 2 is 1.94 bits per heavy atom. The van der Waals surface area contributed by atoms with Gasteiger partial charge in [0.25, 0.3) is 0 Å². The van der Waals surface area contributed by atoms with Gasteiger partial charge in [0.05, 0.1) is 3.79 Å². The van der Waals surface area contributed by atoms with Gasteiger partial charge in [-0.25, -0.2) is 0 Å². The molecule has 16 heavy (non-hydrogen) atoms. The first kappa shape index (κ1) is 11.7. The molecule has 2 unspecified atom stereocenters. The molecule has 0 spiro atoms. The van der Waals surface area contributed by atoms with Gasteiger partial charge in [-0.15, -0.1) is 11.3 Å². The molecule has 0 saturated carbocycles. The van der Waals surface area contributed by atoms with E-state index in [-0.39, 0.29) is 0 Å². The summed E-state index contributed by atoms with van der Waals surface area (Å²) in [7, 11) is 0. The number of fused-ring (bicyclic) bond motifs is 2. The van der Waals surface area contributed by atoms with Crippen molar-refractivity contribution < 1.29 is 0 Å². The van der Waals surface area contributed by atoms with Crippen molar-refractivity contribution in [3.8, 4) is 0 Å². The van der Waals surface area contributed by atoms with Crippen molar-refractivity contribution in [1.82, 2.24) is 4.90 Å². The van der Waals surface area contributed by atoms with E-state index in [2.05, 4.69) is 48.9 Å². The number of hydrogen-bond donors (Lipinski definition) is 0. The third kappa shape index (κ3) is 2.26. The lowest BCUT2D eigenvalue weighted by molar-refractivity contribution is 0.138. The molecule has 1 nitrogen and oxygen atoms in total. The first-order chi connectivity index (χ1) is 7.72. The van der Waals surface area contributed by atoms with Crippen LogP contribution >= 0.6 is 43.2 Å². The zero-order valence-corrected chi connectivity index (χ0v) is 13.0. The molecule has 2 bridgehead atoms. The fourth-order valence-electron chi connectivity index (χ4n) is 3.08. The highest BCUT2D eigenvalue weighted by Gasteiger charge is 2.39. The van der Waals surface area contributed by atoms with Gasteiger partial charge in [0.2, 0.25) is 0 Å². The number of halogens is 2. The van der Waals surface area contributed by atoms with E-state index in [9.17, 15) is 0 Å². The van der Waals surface area contributed by atoms with Crippen LogP contribution in [0.15, 0.2) is 15.9 Å². The molecule has 88 valence electrons. The summed E-state index contributed by atoms with van der Waals surface area (Å²) in [5.74, 6) is 0. The van der Waals surface area contributed by atoms with Crippen LogP contribution in [-0.2, 0) is 6.54 Å². The van der Waals surface area contributed by atoms with E-state index < -0.39 is 0 Å². The number of thiophene rings is 1. The Hall–Kier alpha value is 0.620. The summed E-state index contributed by atoms with van der Waals surface area (Å²) in [6.07, 6.45) is 5.48. The predicted octanol–water partition coefficient (Wildman–Crippen LogP) is 4.40. The van der Waals surface area contributed by atoms with Crippen LogP contribution in [-0.4, -0.2) is 21.8 Å². The van der Waals surface area contributed by atoms with Crippen LogP contribution in [0.3, 0.4) is 0 Å². The van der Waals surface area contributed by atoms with Crippen LogP contribution in [0.1, 0.15) is 30.6 Å². The quantitative estimate of drug-likeness (QED) is 0.703. The molecule has 0 amide bonds. The van der Waals surface area contributed by atoms with Crippen molar-refractivity contribution in [1.29, 1.82) is 0 Å². The second-order valence-corrected chi connectivity index (χ2v) is 8.67. The Morgan fingerprint density at radius 1 is 1.25 bits per heavy atom. The number of rotatable bonds is 2. The summed E-state index contributed by atoms with van der Waals surface area (Å²) in [5, 5.41) is 0. The number of piperidine rings is 1. The summed E-state index contributed by atoms with van der Waals surface area (Å²) in [6.45, 7) is 1.16. The molecule has 0 N–H and O–H groups in total. The molecular weight excluding hydrogens is 350 g/mol. The average molecular weight is 365 g/mol. The lowest BCUT2D eigenvalue weighted by Gasteiger charge is -2.36. The predicted molar refractivity (Wildman–Crippen MR) is 76.3 cm³/mol. The lowest BCUT2D eigenvalue weighted by atomic mass is 10.0. The second kappa shape index (κ2) is 4.71. The van der Waals surface area contributed by atoms with Crippen molar-refractivity contribution in [2.24, 2.45) is 0 Å². The van der Waals surface area contributed by atoms with Crippen LogP contribution in [0, 0.1) is 0 Å². The SMILES string of the molecule is Brc1ccc(CN2C3CCC2CC(Br)C3)s1. The topological polar surface area (TPSA) is 3.24 Å². The first-order valence-corrected chi connectivity index (χ1v) is 8.39. The molecule has 1 aromatic rings. The van der Waals surface area contributed by atoms with E-state index >= 15 is 0 Å². The number of alkyl halides is 1. The third-order valence-electron chi connectivity index (χ3n) is 3.79. The largest absolute Gasteiger partial charge is 0.292 e. The molecule has 2 fully saturated rings. The van der Waals surface area contributed by atoms with E-state index in [4.69, 9.17) is 0 Å². The number of hydrogen-bond acceptors (Lipinski definition) is 2. The summed E-state index contributed by atoms with van der Waals surface area (Å²) < 4.78 is 1.25. The monoisotopic (exact) mass is 363 g/mol. The van der Waals surface area contributed by atoms with E-state index in [0.29, 0.717) is 0 Å². The van der Waals surface area contributed by atoms with Crippen LogP contribution in [0.2, 0.25) is 0 Å². The van der Waals surface area contributed by atoms with Gasteiger partial charge < -0.3 is 0 Å². The highest BCUT2D eigenvalue weighted by molar-refractivity contribution is 9.11. The number of nitrogens with zero attached hydrogens (tertiary/aromatic N) is 1. The van der Waals surface area contributed by atoms with Crippen LogP contribution in [0.25, 0.3) is 0 Å². The summed E-state index contributed by atoms with van der Waals surface area (Å²) in [5.41, 5.74) is 0. The zero-order valence-electron chi connectivity index (χ0n) is 9.03. The molecule has 2 aliphatic heterocycles. The Labute approximate surface area is 117 Å². The van der Waals surface area contributed by atoms with Gasteiger partial charge in [-0.05, 0) is 53.7 Å². The molecule has 3 rings (SSSR count). The Bertz CT molecular complexity index is 365. The molecule has 1 aromatic heterocycles. The van der Waals surface area contributed by atoms with Gasteiger partial charge in [0.15, 0.2) is 0 Å². The van der Waals surface area contributed by atoms with Crippen molar-refractivity contribution in [2.75, 3.05) is 0 Å². The Kier molecular flexibility index (Phi) is 3.44. The molecule has 0 radical (unpaired) electrons. The maximum absolute atomic E-state index is 3.79. The van der Waals surface area contributed by atoms with E-state index in [1.807, 2.05) is 11.3 Å². The maximum atomic E-state index is 3.79.